The number of carbonyl (C=O) groups is 1. The number of nitrogens with one attached hydrogen (secondary N) is 2. The Labute approximate surface area is 146 Å². The van der Waals surface area contributed by atoms with E-state index in [0.717, 1.165) is 35.7 Å². The Hall–Kier alpha value is -2.40. The molecule has 2 aliphatic rings. The Kier molecular flexibility index (Phi) is 4.53. The van der Waals surface area contributed by atoms with E-state index in [1.165, 1.54) is 5.56 Å². The summed E-state index contributed by atoms with van der Waals surface area (Å²) >= 11 is 0. The Morgan fingerprint density at radius 2 is 2.00 bits per heavy atom. The fourth-order valence-electron chi connectivity index (χ4n) is 2.99. The van der Waals surface area contributed by atoms with Crippen molar-refractivity contribution in [1.29, 1.82) is 0 Å². The van der Waals surface area contributed by atoms with Crippen LogP contribution in [-0.4, -0.2) is 19.2 Å². The van der Waals surface area contributed by atoms with Crippen molar-refractivity contribution in [3.63, 3.8) is 0 Å². The first-order valence-electron chi connectivity index (χ1n) is 7.78. The molecule has 0 radical (unpaired) electrons. The summed E-state index contributed by atoms with van der Waals surface area (Å²) in [5.41, 5.74) is 4.02. The zero-order chi connectivity index (χ0) is 15.8. The van der Waals surface area contributed by atoms with Gasteiger partial charge in [0.25, 0.3) is 5.91 Å². The number of fused-ring (bicyclic) bond motifs is 2. The van der Waals surface area contributed by atoms with Crippen molar-refractivity contribution >= 4 is 24.0 Å². The monoisotopic (exact) mass is 346 g/mol. The van der Waals surface area contributed by atoms with Crippen LogP contribution in [0.3, 0.4) is 0 Å². The van der Waals surface area contributed by atoms with Crippen LogP contribution in [0.5, 0.6) is 11.5 Å². The van der Waals surface area contributed by atoms with Gasteiger partial charge in [-0.3, -0.25) is 4.79 Å². The lowest BCUT2D eigenvalue weighted by molar-refractivity contribution is 0.0939. The minimum absolute atomic E-state index is 0. The lowest BCUT2D eigenvalue weighted by Gasteiger charge is -2.15. The normalized spacial score (nSPS) is 15.0. The largest absolute Gasteiger partial charge is 0.454 e. The van der Waals surface area contributed by atoms with Crippen LogP contribution in [0, 0.1) is 0 Å². The van der Waals surface area contributed by atoms with Gasteiger partial charge in [-0.05, 0) is 54.8 Å². The zero-order valence-electron chi connectivity index (χ0n) is 13.3. The van der Waals surface area contributed by atoms with Crippen molar-refractivity contribution in [3.8, 4) is 11.5 Å². The van der Waals surface area contributed by atoms with E-state index in [1.54, 1.807) is 0 Å². The second kappa shape index (κ2) is 6.61. The van der Waals surface area contributed by atoms with Gasteiger partial charge in [0.05, 0.1) is 6.04 Å². The number of carbonyl (C=O) groups excluding carboxylic acids is 1. The number of rotatable bonds is 3. The van der Waals surface area contributed by atoms with Crippen molar-refractivity contribution in [2.75, 3.05) is 18.7 Å². The molecule has 2 aliphatic heterocycles. The van der Waals surface area contributed by atoms with Gasteiger partial charge >= 0.3 is 0 Å². The van der Waals surface area contributed by atoms with Gasteiger partial charge in [0.2, 0.25) is 6.79 Å². The van der Waals surface area contributed by atoms with Gasteiger partial charge in [-0.15, -0.1) is 12.4 Å². The van der Waals surface area contributed by atoms with E-state index >= 15 is 0 Å². The number of hydrogen-bond donors (Lipinski definition) is 2. The summed E-state index contributed by atoms with van der Waals surface area (Å²) in [5, 5.41) is 6.34. The molecule has 1 unspecified atom stereocenters. The van der Waals surface area contributed by atoms with Crippen LogP contribution in [0.1, 0.15) is 34.5 Å². The first-order valence-corrected chi connectivity index (χ1v) is 7.78. The summed E-state index contributed by atoms with van der Waals surface area (Å²) in [4.78, 5) is 12.5. The average Bonchev–Trinajstić information content (AvgIpc) is 3.21. The van der Waals surface area contributed by atoms with Crippen molar-refractivity contribution < 1.29 is 14.3 Å². The molecule has 2 aromatic rings. The SMILES string of the molecule is CC(NC(=O)c1ccc2c(c1)CCN2)c1ccc2c(c1)OCO2.Cl. The van der Waals surface area contributed by atoms with Crippen LogP contribution in [0.4, 0.5) is 5.69 Å². The minimum atomic E-state index is -0.108. The molecule has 2 heterocycles. The van der Waals surface area contributed by atoms with Gasteiger partial charge < -0.3 is 20.1 Å². The lowest BCUT2D eigenvalue weighted by Crippen LogP contribution is -2.26. The smallest absolute Gasteiger partial charge is 0.251 e. The highest BCUT2D eigenvalue weighted by Crippen LogP contribution is 2.34. The fraction of sp³-hybridized carbons (Fsp3) is 0.278. The highest BCUT2D eigenvalue weighted by molar-refractivity contribution is 5.95. The molecule has 5 nitrogen and oxygen atoms in total. The predicted octanol–water partition coefficient (Wildman–Crippen LogP) is 3.30. The molecule has 126 valence electrons. The topological polar surface area (TPSA) is 59.6 Å². The molecule has 0 bridgehead atoms. The first kappa shape index (κ1) is 16.5. The van der Waals surface area contributed by atoms with E-state index in [9.17, 15) is 4.79 Å². The lowest BCUT2D eigenvalue weighted by atomic mass is 10.1. The van der Waals surface area contributed by atoms with Crippen molar-refractivity contribution in [2.24, 2.45) is 0 Å². The third-order valence-electron chi connectivity index (χ3n) is 4.32. The van der Waals surface area contributed by atoms with E-state index in [2.05, 4.69) is 10.6 Å². The number of benzene rings is 2. The number of halogens is 1. The standard InChI is InChI=1S/C18H18N2O3.ClH/c1-11(12-3-5-16-17(9-12)23-10-22-16)20-18(21)14-2-4-15-13(8-14)6-7-19-15;/h2-5,8-9,11,19H,6-7,10H2,1H3,(H,20,21);1H. The summed E-state index contributed by atoms with van der Waals surface area (Å²) in [5.74, 6) is 1.41. The van der Waals surface area contributed by atoms with Crippen molar-refractivity contribution in [1.82, 2.24) is 5.32 Å². The number of hydrogen-bond acceptors (Lipinski definition) is 4. The van der Waals surface area contributed by atoms with Gasteiger partial charge in [-0.25, -0.2) is 0 Å². The van der Waals surface area contributed by atoms with E-state index < -0.39 is 0 Å². The molecule has 0 fully saturated rings. The van der Waals surface area contributed by atoms with Gasteiger partial charge in [0, 0.05) is 17.8 Å². The van der Waals surface area contributed by atoms with Gasteiger partial charge in [-0.2, -0.15) is 0 Å². The second-order valence-corrected chi connectivity index (χ2v) is 5.86. The number of anilines is 1. The first-order chi connectivity index (χ1) is 11.2. The minimum Gasteiger partial charge on any atom is -0.454 e. The van der Waals surface area contributed by atoms with E-state index in [4.69, 9.17) is 9.47 Å². The fourth-order valence-corrected chi connectivity index (χ4v) is 2.99. The Morgan fingerprint density at radius 3 is 2.88 bits per heavy atom. The van der Waals surface area contributed by atoms with Gasteiger partial charge in [0.1, 0.15) is 0 Å². The number of amides is 1. The maximum absolute atomic E-state index is 12.5. The van der Waals surface area contributed by atoms with Crippen LogP contribution in [0.2, 0.25) is 0 Å². The molecule has 2 N–H and O–H groups in total. The molecule has 6 heteroatoms. The predicted molar refractivity (Wildman–Crippen MR) is 94.3 cm³/mol. The maximum Gasteiger partial charge on any atom is 0.251 e. The van der Waals surface area contributed by atoms with Crippen molar-refractivity contribution in [2.45, 2.75) is 19.4 Å². The molecule has 0 spiro atoms. The second-order valence-electron chi connectivity index (χ2n) is 5.86. The molecule has 0 saturated heterocycles. The van der Waals surface area contributed by atoms with Crippen LogP contribution < -0.4 is 20.1 Å². The number of ether oxygens (including phenoxy) is 2. The summed E-state index contributed by atoms with van der Waals surface area (Å²) in [6, 6.07) is 11.4. The van der Waals surface area contributed by atoms with E-state index in [1.807, 2.05) is 43.3 Å². The van der Waals surface area contributed by atoms with Gasteiger partial charge in [-0.1, -0.05) is 6.07 Å². The Morgan fingerprint density at radius 1 is 1.17 bits per heavy atom. The van der Waals surface area contributed by atoms with Crippen LogP contribution in [0.15, 0.2) is 36.4 Å². The molecule has 4 rings (SSSR count). The third kappa shape index (κ3) is 2.99. The van der Waals surface area contributed by atoms with E-state index in [0.29, 0.717) is 5.56 Å². The highest BCUT2D eigenvalue weighted by Gasteiger charge is 2.18. The van der Waals surface area contributed by atoms with E-state index in [-0.39, 0.29) is 31.1 Å². The molecular formula is C18H19ClN2O3. The Bertz CT molecular complexity index is 779. The summed E-state index contributed by atoms with van der Waals surface area (Å²) < 4.78 is 10.7. The molecule has 0 aliphatic carbocycles. The van der Waals surface area contributed by atoms with Crippen LogP contribution >= 0.6 is 12.4 Å². The Balaban J connectivity index is 0.00000169. The molecular weight excluding hydrogens is 328 g/mol. The molecule has 1 atom stereocenters. The van der Waals surface area contributed by atoms with Crippen molar-refractivity contribution in [3.05, 3.63) is 53.1 Å². The summed E-state index contributed by atoms with van der Waals surface area (Å²) in [6.45, 7) is 3.15. The highest BCUT2D eigenvalue weighted by atomic mass is 35.5. The molecule has 0 saturated carbocycles. The molecule has 24 heavy (non-hydrogen) atoms. The molecule has 2 aromatic carbocycles. The summed E-state index contributed by atoms with van der Waals surface area (Å²) in [6.07, 6.45) is 0.966. The molecule has 1 amide bonds. The third-order valence-corrected chi connectivity index (χ3v) is 4.32. The average molecular weight is 347 g/mol. The quantitative estimate of drug-likeness (QED) is 0.895. The van der Waals surface area contributed by atoms with Crippen LogP contribution in [-0.2, 0) is 6.42 Å². The maximum atomic E-state index is 12.5. The van der Waals surface area contributed by atoms with Crippen LogP contribution in [0.25, 0.3) is 0 Å². The zero-order valence-corrected chi connectivity index (χ0v) is 14.1. The summed E-state index contributed by atoms with van der Waals surface area (Å²) in [7, 11) is 0. The van der Waals surface area contributed by atoms with Gasteiger partial charge in [0.15, 0.2) is 11.5 Å². The molecule has 0 aromatic heterocycles.